The predicted octanol–water partition coefficient (Wildman–Crippen LogP) is 0.241. The lowest BCUT2D eigenvalue weighted by Crippen LogP contribution is -1.80. The van der Waals surface area contributed by atoms with Crippen molar-refractivity contribution in [3.63, 3.8) is 0 Å². The number of hydrogen-bond acceptors (Lipinski definition) is 2. The summed E-state index contributed by atoms with van der Waals surface area (Å²) < 4.78 is 0. The first kappa shape index (κ1) is 6.08. The number of carbonyl (C=O) groups is 1. The molecule has 37 valence electrons. The molecular formula is C5H5O2. The summed E-state index contributed by atoms with van der Waals surface area (Å²) in [6.07, 6.45) is 2.21. The molecule has 7 heavy (non-hydrogen) atoms. The van der Waals surface area contributed by atoms with Crippen LogP contribution in [0.4, 0.5) is 0 Å². The molecule has 0 heterocycles. The Morgan fingerprint density at radius 1 is 1.86 bits per heavy atom. The maximum Gasteiger partial charge on any atom is 0.228 e. The molecule has 0 aliphatic carbocycles. The maximum absolute atomic E-state index is 9.53. The monoisotopic (exact) mass is 97.0 g/mol. The summed E-state index contributed by atoms with van der Waals surface area (Å²) in [5.41, 5.74) is 0.204. The molecule has 0 unspecified atom stereocenters. The molecule has 0 rings (SSSR count). The molecule has 0 amide bonds. The van der Waals surface area contributed by atoms with E-state index >= 15 is 0 Å². The van der Waals surface area contributed by atoms with Crippen molar-refractivity contribution >= 4 is 12.6 Å². The van der Waals surface area contributed by atoms with Gasteiger partial charge in [0.2, 0.25) is 6.29 Å². The van der Waals surface area contributed by atoms with Crippen LogP contribution in [0.5, 0.6) is 0 Å². The lowest BCUT2D eigenvalue weighted by Gasteiger charge is -1.77. The van der Waals surface area contributed by atoms with Gasteiger partial charge in [-0.3, -0.25) is 4.79 Å². The van der Waals surface area contributed by atoms with E-state index in [0.717, 1.165) is 0 Å². The first-order valence-electron chi connectivity index (χ1n) is 1.81. The molecular weight excluding hydrogens is 92.1 g/mol. The van der Waals surface area contributed by atoms with E-state index in [9.17, 15) is 9.59 Å². The summed E-state index contributed by atoms with van der Waals surface area (Å²) in [6.45, 7) is 3.21. The van der Waals surface area contributed by atoms with E-state index in [4.69, 9.17) is 0 Å². The van der Waals surface area contributed by atoms with E-state index in [1.165, 1.54) is 6.29 Å². The van der Waals surface area contributed by atoms with Crippen LogP contribution >= 0.6 is 0 Å². The molecule has 0 N–H and O–H groups in total. The summed E-state index contributed by atoms with van der Waals surface area (Å²) in [6, 6.07) is 0. The van der Waals surface area contributed by atoms with Gasteiger partial charge in [-0.15, -0.1) is 0 Å². The molecule has 0 bridgehead atoms. The molecule has 2 nitrogen and oxygen atoms in total. The van der Waals surface area contributed by atoms with Crippen LogP contribution in [-0.4, -0.2) is 12.6 Å². The van der Waals surface area contributed by atoms with Crippen LogP contribution in [0.2, 0.25) is 0 Å². The van der Waals surface area contributed by atoms with E-state index < -0.39 is 0 Å². The summed E-state index contributed by atoms with van der Waals surface area (Å²) in [4.78, 5) is 19.0. The normalized spacial score (nSPS) is 7.43. The van der Waals surface area contributed by atoms with Gasteiger partial charge in [-0.2, -0.15) is 0 Å². The topological polar surface area (TPSA) is 34.1 Å². The Bertz CT molecular complexity index is 94.3. The van der Waals surface area contributed by atoms with Crippen molar-refractivity contribution in [2.75, 3.05) is 0 Å². The molecule has 0 saturated heterocycles. The lowest BCUT2D eigenvalue weighted by molar-refractivity contribution is -0.107. The molecule has 1 radical (unpaired) electrons. The Labute approximate surface area is 41.8 Å². The van der Waals surface area contributed by atoms with Crippen molar-refractivity contribution in [1.29, 1.82) is 0 Å². The Morgan fingerprint density at radius 2 is 2.43 bits per heavy atom. The first-order chi connectivity index (χ1) is 3.31. The number of allylic oxidation sites excluding steroid dienone is 1. The van der Waals surface area contributed by atoms with Crippen LogP contribution in [0, 0.1) is 0 Å². The van der Waals surface area contributed by atoms with Gasteiger partial charge in [0.25, 0.3) is 0 Å². The van der Waals surface area contributed by atoms with Crippen LogP contribution < -0.4 is 0 Å². The standard InChI is InChI=1S/C5H5O2/c1-5(4-7)2-3-6/h3H,1-2H2. The average Bonchev–Trinajstić information content (AvgIpc) is 1.68. The van der Waals surface area contributed by atoms with Gasteiger partial charge >= 0.3 is 0 Å². The van der Waals surface area contributed by atoms with Gasteiger partial charge in [0.15, 0.2) is 0 Å². The lowest BCUT2D eigenvalue weighted by atomic mass is 10.3. The van der Waals surface area contributed by atoms with Gasteiger partial charge in [-0.1, -0.05) is 6.58 Å². The zero-order valence-electron chi connectivity index (χ0n) is 3.81. The molecule has 0 fully saturated rings. The Balaban J connectivity index is 3.36. The van der Waals surface area contributed by atoms with E-state index in [-0.39, 0.29) is 12.0 Å². The number of aldehydes is 1. The minimum atomic E-state index is 0.101. The second kappa shape index (κ2) is 3.28. The highest BCUT2D eigenvalue weighted by Gasteiger charge is 1.85. The maximum atomic E-state index is 9.53. The van der Waals surface area contributed by atoms with Crippen molar-refractivity contribution in [3.05, 3.63) is 12.2 Å². The van der Waals surface area contributed by atoms with Crippen molar-refractivity contribution in [1.82, 2.24) is 0 Å². The highest BCUT2D eigenvalue weighted by atomic mass is 16.1. The Kier molecular flexibility index (Phi) is 2.85. The largest absolute Gasteiger partial charge is 0.303 e. The fourth-order valence-electron chi connectivity index (χ4n) is 0.142. The van der Waals surface area contributed by atoms with E-state index in [0.29, 0.717) is 6.29 Å². The summed E-state index contributed by atoms with van der Waals surface area (Å²) >= 11 is 0. The van der Waals surface area contributed by atoms with Crippen LogP contribution in [0.25, 0.3) is 0 Å². The van der Waals surface area contributed by atoms with Crippen LogP contribution in [0.1, 0.15) is 6.42 Å². The minimum absolute atomic E-state index is 0.101. The number of rotatable bonds is 3. The van der Waals surface area contributed by atoms with Crippen molar-refractivity contribution < 1.29 is 9.59 Å². The third-order valence-corrected chi connectivity index (χ3v) is 0.474. The predicted molar refractivity (Wildman–Crippen MR) is 25.5 cm³/mol. The SMILES string of the molecule is C=C([C]=O)CC=O. The van der Waals surface area contributed by atoms with E-state index in [2.05, 4.69) is 6.58 Å². The Hall–Kier alpha value is -0.920. The fraction of sp³-hybridized carbons (Fsp3) is 0.200. The van der Waals surface area contributed by atoms with Gasteiger partial charge in [0.05, 0.1) is 0 Å². The van der Waals surface area contributed by atoms with Crippen LogP contribution in [0.15, 0.2) is 12.2 Å². The second-order valence-corrected chi connectivity index (χ2v) is 1.08. The van der Waals surface area contributed by atoms with Gasteiger partial charge in [-0.25, -0.2) is 0 Å². The molecule has 0 spiro atoms. The average molecular weight is 97.1 g/mol. The number of hydrogen-bond donors (Lipinski definition) is 0. The van der Waals surface area contributed by atoms with Crippen LogP contribution in [0.3, 0.4) is 0 Å². The van der Waals surface area contributed by atoms with Gasteiger partial charge < -0.3 is 4.79 Å². The summed E-state index contributed by atoms with van der Waals surface area (Å²) in [7, 11) is 0. The fourth-order valence-corrected chi connectivity index (χ4v) is 0.142. The molecule has 0 aliphatic heterocycles. The smallest absolute Gasteiger partial charge is 0.228 e. The van der Waals surface area contributed by atoms with E-state index in [1.807, 2.05) is 0 Å². The quantitative estimate of drug-likeness (QED) is 0.373. The molecule has 0 aromatic heterocycles. The zero-order chi connectivity index (χ0) is 5.70. The van der Waals surface area contributed by atoms with Crippen molar-refractivity contribution in [2.45, 2.75) is 6.42 Å². The second-order valence-electron chi connectivity index (χ2n) is 1.08. The summed E-state index contributed by atoms with van der Waals surface area (Å²) in [5.74, 6) is 0. The first-order valence-corrected chi connectivity index (χ1v) is 1.81. The van der Waals surface area contributed by atoms with Gasteiger partial charge in [0, 0.05) is 12.0 Å². The summed E-state index contributed by atoms with van der Waals surface area (Å²) in [5, 5.41) is 0. The molecule has 0 aliphatic rings. The third kappa shape index (κ3) is 2.89. The zero-order valence-corrected chi connectivity index (χ0v) is 3.81. The molecule has 0 aromatic carbocycles. The molecule has 0 atom stereocenters. The highest BCUT2D eigenvalue weighted by molar-refractivity contribution is 5.78. The van der Waals surface area contributed by atoms with Crippen molar-refractivity contribution in [3.8, 4) is 0 Å². The van der Waals surface area contributed by atoms with Crippen LogP contribution in [-0.2, 0) is 9.59 Å². The Morgan fingerprint density at radius 3 is 2.57 bits per heavy atom. The highest BCUT2D eigenvalue weighted by Crippen LogP contribution is 1.85. The van der Waals surface area contributed by atoms with Crippen molar-refractivity contribution in [2.24, 2.45) is 0 Å². The molecule has 2 heteroatoms. The van der Waals surface area contributed by atoms with Gasteiger partial charge in [-0.05, 0) is 0 Å². The minimum Gasteiger partial charge on any atom is -0.303 e. The number of carbonyl (C=O) groups excluding carboxylic acids is 2. The molecule has 0 aromatic rings. The molecule has 0 saturated carbocycles. The van der Waals surface area contributed by atoms with Gasteiger partial charge in [0.1, 0.15) is 6.29 Å². The third-order valence-electron chi connectivity index (χ3n) is 0.474. The van der Waals surface area contributed by atoms with E-state index in [1.54, 1.807) is 0 Å².